The third-order valence-electron chi connectivity index (χ3n) is 3.62. The van der Waals surface area contributed by atoms with E-state index in [9.17, 15) is 9.59 Å². The molecule has 0 radical (unpaired) electrons. The van der Waals surface area contributed by atoms with E-state index in [0.29, 0.717) is 24.7 Å². The van der Waals surface area contributed by atoms with Crippen LogP contribution in [0.1, 0.15) is 53.4 Å². The molecule has 0 saturated heterocycles. The lowest BCUT2D eigenvalue weighted by Gasteiger charge is -2.17. The van der Waals surface area contributed by atoms with Crippen molar-refractivity contribution < 1.29 is 24.2 Å². The molecule has 1 aromatic heterocycles. The van der Waals surface area contributed by atoms with Crippen molar-refractivity contribution in [2.24, 2.45) is 0 Å². The molecule has 1 unspecified atom stereocenters. The first-order valence-corrected chi connectivity index (χ1v) is 8.37. The monoisotopic (exact) mass is 358 g/mol. The maximum atomic E-state index is 12.4. The number of nitrogens with one attached hydrogen (secondary N) is 1. The van der Waals surface area contributed by atoms with E-state index in [-0.39, 0.29) is 17.4 Å². The fourth-order valence-electron chi connectivity index (χ4n) is 2.37. The Hall–Kier alpha value is -3.09. The molecule has 1 heterocycles. The number of amides is 1. The van der Waals surface area contributed by atoms with Gasteiger partial charge in [0, 0.05) is 0 Å². The van der Waals surface area contributed by atoms with Crippen LogP contribution in [0.25, 0.3) is 0 Å². The van der Waals surface area contributed by atoms with E-state index < -0.39 is 11.9 Å². The number of carbonyl (C=O) groups is 2. The van der Waals surface area contributed by atoms with Crippen molar-refractivity contribution in [3.63, 3.8) is 0 Å². The minimum Gasteiger partial charge on any atom is -0.490 e. The van der Waals surface area contributed by atoms with Gasteiger partial charge in [-0.15, -0.1) is 0 Å². The Labute approximate surface area is 152 Å². The van der Waals surface area contributed by atoms with Crippen LogP contribution in [0, 0.1) is 0 Å². The average molecular weight is 358 g/mol. The molecule has 0 aliphatic carbocycles. The second-order valence-electron chi connectivity index (χ2n) is 5.48. The number of carboxylic acids is 1. The highest BCUT2D eigenvalue weighted by molar-refractivity contribution is 5.94. The molecule has 26 heavy (non-hydrogen) atoms. The largest absolute Gasteiger partial charge is 0.490 e. The average Bonchev–Trinajstić information content (AvgIpc) is 2.63. The van der Waals surface area contributed by atoms with E-state index in [0.717, 1.165) is 5.56 Å². The standard InChI is InChI=1S/C19H22N2O5/c1-4-25-16-10-9-13(11-17(16)26-5-2)12(3)20-18(22)14-7-6-8-15(21-14)19(23)24/h6-12H,4-5H2,1-3H3,(H,20,22)(H,23,24). The van der Waals surface area contributed by atoms with Crippen molar-refractivity contribution >= 4 is 11.9 Å². The summed E-state index contributed by atoms with van der Waals surface area (Å²) < 4.78 is 11.1. The van der Waals surface area contributed by atoms with E-state index in [2.05, 4.69) is 10.3 Å². The summed E-state index contributed by atoms with van der Waals surface area (Å²) >= 11 is 0. The van der Waals surface area contributed by atoms with E-state index in [1.807, 2.05) is 32.9 Å². The number of pyridine rings is 1. The zero-order valence-electron chi connectivity index (χ0n) is 15.0. The highest BCUT2D eigenvalue weighted by Crippen LogP contribution is 2.30. The maximum absolute atomic E-state index is 12.4. The molecule has 2 N–H and O–H groups in total. The van der Waals surface area contributed by atoms with Crippen LogP contribution in [0.4, 0.5) is 0 Å². The van der Waals surface area contributed by atoms with Gasteiger partial charge in [-0.3, -0.25) is 4.79 Å². The molecular weight excluding hydrogens is 336 g/mol. The van der Waals surface area contributed by atoms with Crippen LogP contribution in [0.3, 0.4) is 0 Å². The van der Waals surface area contributed by atoms with Crippen LogP contribution in [0.15, 0.2) is 36.4 Å². The molecule has 7 heteroatoms. The molecule has 138 valence electrons. The van der Waals surface area contributed by atoms with E-state index >= 15 is 0 Å². The number of rotatable bonds is 8. The third kappa shape index (κ3) is 4.72. The Morgan fingerprint density at radius 3 is 2.38 bits per heavy atom. The number of hydrogen-bond acceptors (Lipinski definition) is 5. The molecule has 2 aromatic rings. The topological polar surface area (TPSA) is 97.8 Å². The molecule has 0 saturated carbocycles. The van der Waals surface area contributed by atoms with Gasteiger partial charge in [0.1, 0.15) is 11.4 Å². The van der Waals surface area contributed by atoms with Crippen molar-refractivity contribution in [2.45, 2.75) is 26.8 Å². The van der Waals surface area contributed by atoms with Crippen molar-refractivity contribution in [1.29, 1.82) is 0 Å². The van der Waals surface area contributed by atoms with Crippen molar-refractivity contribution in [1.82, 2.24) is 10.3 Å². The number of nitrogens with zero attached hydrogens (tertiary/aromatic N) is 1. The molecule has 0 fully saturated rings. The lowest BCUT2D eigenvalue weighted by atomic mass is 10.1. The van der Waals surface area contributed by atoms with E-state index in [1.165, 1.54) is 18.2 Å². The Bertz CT molecular complexity index is 791. The van der Waals surface area contributed by atoms with Gasteiger partial charge in [-0.2, -0.15) is 0 Å². The zero-order valence-corrected chi connectivity index (χ0v) is 15.0. The number of hydrogen-bond donors (Lipinski definition) is 2. The molecule has 0 aliphatic heterocycles. The Kier molecular flexibility index (Phi) is 6.54. The van der Waals surface area contributed by atoms with E-state index in [4.69, 9.17) is 14.6 Å². The first-order valence-electron chi connectivity index (χ1n) is 8.37. The van der Waals surface area contributed by atoms with Gasteiger partial charge in [0.2, 0.25) is 0 Å². The summed E-state index contributed by atoms with van der Waals surface area (Å²) in [5.74, 6) is -0.376. The minimum absolute atomic E-state index is 0.0488. The number of aromatic nitrogens is 1. The fourth-order valence-corrected chi connectivity index (χ4v) is 2.37. The first-order chi connectivity index (χ1) is 12.5. The quantitative estimate of drug-likeness (QED) is 0.753. The van der Waals surface area contributed by atoms with Gasteiger partial charge in [-0.1, -0.05) is 12.1 Å². The zero-order chi connectivity index (χ0) is 19.1. The van der Waals surface area contributed by atoms with Crippen molar-refractivity contribution in [2.75, 3.05) is 13.2 Å². The van der Waals surface area contributed by atoms with Crippen LogP contribution in [0.5, 0.6) is 11.5 Å². The predicted octanol–water partition coefficient (Wildman–Crippen LogP) is 3.07. The highest BCUT2D eigenvalue weighted by atomic mass is 16.5. The molecule has 1 aromatic carbocycles. The molecule has 0 bridgehead atoms. The number of aromatic carboxylic acids is 1. The van der Waals surface area contributed by atoms with Gasteiger partial charge in [0.05, 0.1) is 19.3 Å². The van der Waals surface area contributed by atoms with Crippen LogP contribution < -0.4 is 14.8 Å². The molecule has 0 aliphatic rings. The van der Waals surface area contributed by atoms with E-state index in [1.54, 1.807) is 6.07 Å². The van der Waals surface area contributed by atoms with Crippen LogP contribution in [-0.4, -0.2) is 35.2 Å². The first kappa shape index (κ1) is 19.2. The van der Waals surface area contributed by atoms with Gasteiger partial charge in [0.15, 0.2) is 11.5 Å². The van der Waals surface area contributed by atoms with Gasteiger partial charge >= 0.3 is 5.97 Å². The van der Waals surface area contributed by atoms with Gasteiger partial charge in [-0.05, 0) is 50.6 Å². The fraction of sp³-hybridized carbons (Fsp3) is 0.316. The van der Waals surface area contributed by atoms with Crippen molar-refractivity contribution in [3.05, 3.63) is 53.3 Å². The number of carbonyl (C=O) groups excluding carboxylic acids is 1. The third-order valence-corrected chi connectivity index (χ3v) is 3.62. The molecule has 0 spiro atoms. The molecule has 7 nitrogen and oxygen atoms in total. The van der Waals surface area contributed by atoms with Crippen molar-refractivity contribution in [3.8, 4) is 11.5 Å². The summed E-state index contributed by atoms with van der Waals surface area (Å²) in [6.45, 7) is 6.62. The van der Waals surface area contributed by atoms with Crippen LogP contribution >= 0.6 is 0 Å². The van der Waals surface area contributed by atoms with Gasteiger partial charge in [0.25, 0.3) is 5.91 Å². The maximum Gasteiger partial charge on any atom is 0.354 e. The number of ether oxygens (including phenoxy) is 2. The highest BCUT2D eigenvalue weighted by Gasteiger charge is 2.16. The summed E-state index contributed by atoms with van der Waals surface area (Å²) in [6, 6.07) is 9.44. The second-order valence-corrected chi connectivity index (χ2v) is 5.48. The Morgan fingerprint density at radius 1 is 1.08 bits per heavy atom. The predicted molar refractivity (Wildman–Crippen MR) is 95.9 cm³/mol. The summed E-state index contributed by atoms with van der Waals surface area (Å²) in [5.41, 5.74) is 0.706. The minimum atomic E-state index is -1.18. The summed E-state index contributed by atoms with van der Waals surface area (Å²) in [5, 5.41) is 11.8. The molecule has 1 amide bonds. The molecule has 2 rings (SSSR count). The summed E-state index contributed by atoms with van der Waals surface area (Å²) in [7, 11) is 0. The van der Waals surface area contributed by atoms with Gasteiger partial charge in [-0.25, -0.2) is 9.78 Å². The number of benzene rings is 1. The lowest BCUT2D eigenvalue weighted by molar-refractivity contribution is 0.0690. The lowest BCUT2D eigenvalue weighted by Crippen LogP contribution is -2.27. The summed E-state index contributed by atoms with van der Waals surface area (Å²) in [4.78, 5) is 27.2. The smallest absolute Gasteiger partial charge is 0.354 e. The SMILES string of the molecule is CCOc1ccc(C(C)NC(=O)c2cccc(C(=O)O)n2)cc1OCC. The number of carboxylic acid groups (broad SMARTS) is 1. The molecular formula is C19H22N2O5. The Balaban J connectivity index is 2.17. The van der Waals surface area contributed by atoms with Crippen LogP contribution in [-0.2, 0) is 0 Å². The second kappa shape index (κ2) is 8.84. The Morgan fingerprint density at radius 2 is 1.73 bits per heavy atom. The summed E-state index contributed by atoms with van der Waals surface area (Å²) in [6.07, 6.45) is 0. The molecule has 1 atom stereocenters. The van der Waals surface area contributed by atoms with Gasteiger partial charge < -0.3 is 19.9 Å². The normalized spacial score (nSPS) is 11.5. The van der Waals surface area contributed by atoms with Crippen LogP contribution in [0.2, 0.25) is 0 Å².